The third-order valence-electron chi connectivity index (χ3n) is 3.53. The Balaban J connectivity index is 2.34. The molecule has 0 radical (unpaired) electrons. The second kappa shape index (κ2) is 5.66. The first-order chi connectivity index (χ1) is 9.20. The van der Waals surface area contributed by atoms with Gasteiger partial charge in [0.05, 0.1) is 4.90 Å². The van der Waals surface area contributed by atoms with E-state index in [0.29, 0.717) is 21.5 Å². The number of amides is 1. The predicted molar refractivity (Wildman–Crippen MR) is 81.6 cm³/mol. The molecule has 1 N–H and O–H groups in total. The summed E-state index contributed by atoms with van der Waals surface area (Å²) in [6.07, 6.45) is 2.25. The van der Waals surface area contributed by atoms with Gasteiger partial charge < -0.3 is 5.32 Å². The van der Waals surface area contributed by atoms with Gasteiger partial charge in [-0.1, -0.05) is 15.9 Å². The highest BCUT2D eigenvalue weighted by atomic mass is 79.9. The molecule has 1 amide bonds. The molecule has 0 saturated heterocycles. The largest absolute Gasteiger partial charge is 0.349 e. The smallest absolute Gasteiger partial charge is 0.261 e. The third-order valence-corrected chi connectivity index (χ3v) is 5.69. The van der Waals surface area contributed by atoms with E-state index in [1.165, 1.54) is 12.1 Å². The highest BCUT2D eigenvalue weighted by Crippen LogP contribution is 2.33. The second-order valence-corrected chi connectivity index (χ2v) is 8.54. The molecule has 0 heterocycles. The van der Waals surface area contributed by atoms with E-state index in [1.807, 2.05) is 6.92 Å². The number of carbonyl (C=O) groups excluding carboxylic acids is 1. The van der Waals surface area contributed by atoms with Crippen LogP contribution in [0.4, 0.5) is 0 Å². The van der Waals surface area contributed by atoms with Crippen molar-refractivity contribution >= 4 is 41.6 Å². The van der Waals surface area contributed by atoms with Crippen LogP contribution in [0.1, 0.15) is 35.7 Å². The zero-order chi connectivity index (χ0) is 15.1. The minimum atomic E-state index is -3.87. The lowest BCUT2D eigenvalue weighted by Crippen LogP contribution is -2.34. The van der Waals surface area contributed by atoms with E-state index in [0.717, 1.165) is 12.8 Å². The van der Waals surface area contributed by atoms with E-state index in [4.69, 9.17) is 10.7 Å². The molecule has 4 nitrogen and oxygen atoms in total. The van der Waals surface area contributed by atoms with Crippen LogP contribution < -0.4 is 5.32 Å². The molecule has 1 atom stereocenters. The van der Waals surface area contributed by atoms with Crippen molar-refractivity contribution in [3.05, 3.63) is 27.7 Å². The Kier molecular flexibility index (Phi) is 4.47. The summed E-state index contributed by atoms with van der Waals surface area (Å²) in [6, 6.07) is 2.81. The zero-order valence-electron chi connectivity index (χ0n) is 11.1. The van der Waals surface area contributed by atoms with Crippen molar-refractivity contribution in [2.24, 2.45) is 5.92 Å². The monoisotopic (exact) mass is 379 g/mol. The van der Waals surface area contributed by atoms with Crippen molar-refractivity contribution in [2.75, 3.05) is 0 Å². The maximum absolute atomic E-state index is 12.3. The summed E-state index contributed by atoms with van der Waals surface area (Å²) in [5, 5.41) is 2.91. The Labute approximate surface area is 131 Å². The summed E-state index contributed by atoms with van der Waals surface area (Å²) in [5.74, 6) is 0.257. The van der Waals surface area contributed by atoms with Gasteiger partial charge in [0, 0.05) is 26.8 Å². The summed E-state index contributed by atoms with van der Waals surface area (Å²) in [4.78, 5) is 12.2. The van der Waals surface area contributed by atoms with Gasteiger partial charge in [0.15, 0.2) is 0 Å². The standard InChI is InChI=1S/C13H15BrClNO3S/c1-7-11(13(17)16-8(2)9-3-4-9)5-10(6-12(7)14)20(15,18)19/h5-6,8-9H,3-4H2,1-2H3,(H,16,17). The Morgan fingerprint density at radius 1 is 1.45 bits per heavy atom. The molecule has 1 aromatic rings. The van der Waals surface area contributed by atoms with Crippen LogP contribution in [0.3, 0.4) is 0 Å². The summed E-state index contributed by atoms with van der Waals surface area (Å²) >= 11 is 3.26. The van der Waals surface area contributed by atoms with Crippen LogP contribution in [0, 0.1) is 12.8 Å². The SMILES string of the molecule is Cc1c(Br)cc(S(=O)(=O)Cl)cc1C(=O)NC(C)C1CC1. The van der Waals surface area contributed by atoms with Gasteiger partial charge in [0.1, 0.15) is 0 Å². The number of carbonyl (C=O) groups is 1. The van der Waals surface area contributed by atoms with Crippen molar-refractivity contribution in [2.45, 2.75) is 37.6 Å². The van der Waals surface area contributed by atoms with E-state index in [-0.39, 0.29) is 16.8 Å². The van der Waals surface area contributed by atoms with Gasteiger partial charge in [-0.05, 0) is 50.3 Å². The average Bonchev–Trinajstić information content (AvgIpc) is 3.14. The number of rotatable bonds is 4. The molecule has 7 heteroatoms. The number of halogens is 2. The Hall–Kier alpha value is -0.590. The van der Waals surface area contributed by atoms with Crippen LogP contribution in [0.15, 0.2) is 21.5 Å². The van der Waals surface area contributed by atoms with Gasteiger partial charge in [-0.15, -0.1) is 0 Å². The number of benzene rings is 1. The topological polar surface area (TPSA) is 63.2 Å². The van der Waals surface area contributed by atoms with Crippen LogP contribution in [-0.2, 0) is 9.05 Å². The zero-order valence-corrected chi connectivity index (χ0v) is 14.3. The fourth-order valence-corrected chi connectivity index (χ4v) is 3.43. The Morgan fingerprint density at radius 3 is 2.55 bits per heavy atom. The molecule has 0 aliphatic heterocycles. The van der Waals surface area contributed by atoms with Gasteiger partial charge in [0.2, 0.25) is 0 Å². The van der Waals surface area contributed by atoms with E-state index in [2.05, 4.69) is 21.2 Å². The van der Waals surface area contributed by atoms with E-state index >= 15 is 0 Å². The molecule has 20 heavy (non-hydrogen) atoms. The van der Waals surface area contributed by atoms with E-state index in [9.17, 15) is 13.2 Å². The first-order valence-corrected chi connectivity index (χ1v) is 9.36. The molecule has 1 aliphatic rings. The van der Waals surface area contributed by atoms with Crippen molar-refractivity contribution in [1.82, 2.24) is 5.32 Å². The molecule has 0 aromatic heterocycles. The lowest BCUT2D eigenvalue weighted by Gasteiger charge is -2.15. The number of nitrogens with one attached hydrogen (secondary N) is 1. The molecule has 0 bridgehead atoms. The first kappa shape index (κ1) is 15.8. The molecule has 1 unspecified atom stereocenters. The van der Waals surface area contributed by atoms with E-state index in [1.54, 1.807) is 6.92 Å². The van der Waals surface area contributed by atoms with Crippen molar-refractivity contribution in [1.29, 1.82) is 0 Å². The van der Waals surface area contributed by atoms with Crippen LogP contribution >= 0.6 is 26.6 Å². The third kappa shape index (κ3) is 3.54. The average molecular weight is 381 g/mol. The summed E-state index contributed by atoms with van der Waals surface area (Å²) in [6.45, 7) is 3.72. The Morgan fingerprint density at radius 2 is 2.05 bits per heavy atom. The molecule has 1 aromatic carbocycles. The van der Waals surface area contributed by atoms with Crippen molar-refractivity contribution in [3.8, 4) is 0 Å². The van der Waals surface area contributed by atoms with Crippen LogP contribution in [0.2, 0.25) is 0 Å². The van der Waals surface area contributed by atoms with E-state index < -0.39 is 9.05 Å². The molecule has 1 aliphatic carbocycles. The fraction of sp³-hybridized carbons (Fsp3) is 0.462. The quantitative estimate of drug-likeness (QED) is 0.816. The normalized spacial score (nSPS) is 16.8. The molecule has 0 spiro atoms. The minimum absolute atomic E-state index is 0.0825. The fourth-order valence-electron chi connectivity index (χ4n) is 2.03. The predicted octanol–water partition coefficient (Wildman–Crippen LogP) is 3.21. The molecule has 1 fully saturated rings. The van der Waals surface area contributed by atoms with Crippen LogP contribution in [0.5, 0.6) is 0 Å². The van der Waals surface area contributed by atoms with Gasteiger partial charge in [-0.3, -0.25) is 4.79 Å². The number of hydrogen-bond donors (Lipinski definition) is 1. The van der Waals surface area contributed by atoms with Crippen LogP contribution in [-0.4, -0.2) is 20.4 Å². The minimum Gasteiger partial charge on any atom is -0.349 e. The Bertz CT molecular complexity index is 656. The summed E-state index contributed by atoms with van der Waals surface area (Å²) in [7, 11) is 1.48. The number of hydrogen-bond acceptors (Lipinski definition) is 3. The van der Waals surface area contributed by atoms with Gasteiger partial charge in [0.25, 0.3) is 15.0 Å². The highest BCUT2D eigenvalue weighted by Gasteiger charge is 2.29. The second-order valence-electron chi connectivity index (χ2n) is 5.12. The summed E-state index contributed by atoms with van der Waals surface area (Å²) < 4.78 is 23.4. The summed E-state index contributed by atoms with van der Waals surface area (Å²) in [5.41, 5.74) is 1.01. The molecular formula is C13H15BrClNO3S. The van der Waals surface area contributed by atoms with Gasteiger partial charge in [-0.2, -0.15) is 0 Å². The molecule has 1 saturated carbocycles. The first-order valence-electron chi connectivity index (χ1n) is 6.26. The van der Waals surface area contributed by atoms with Crippen molar-refractivity contribution in [3.63, 3.8) is 0 Å². The van der Waals surface area contributed by atoms with Gasteiger partial charge in [-0.25, -0.2) is 8.42 Å². The highest BCUT2D eigenvalue weighted by molar-refractivity contribution is 9.10. The molecule has 2 rings (SSSR count). The van der Waals surface area contributed by atoms with Gasteiger partial charge >= 0.3 is 0 Å². The van der Waals surface area contributed by atoms with Crippen LogP contribution in [0.25, 0.3) is 0 Å². The lowest BCUT2D eigenvalue weighted by atomic mass is 10.1. The molecular weight excluding hydrogens is 366 g/mol. The van der Waals surface area contributed by atoms with Crippen molar-refractivity contribution < 1.29 is 13.2 Å². The maximum Gasteiger partial charge on any atom is 0.261 e. The lowest BCUT2D eigenvalue weighted by molar-refractivity contribution is 0.0935. The maximum atomic E-state index is 12.3. The molecule has 110 valence electrons.